The summed E-state index contributed by atoms with van der Waals surface area (Å²) in [6, 6.07) is 5.71. The molecule has 0 saturated heterocycles. The standard InChI is InChI=1S/C14H21N5/c1-19(2)8-4-3-7-16-14-12-6-5-11(15)9-13(12)17-10-18-14/h5-6,9-10H,3-4,7-8,15H2,1-2H3,(H,16,17,18). The molecule has 5 heteroatoms. The third kappa shape index (κ3) is 3.79. The van der Waals surface area contributed by atoms with Crippen molar-refractivity contribution in [3.8, 4) is 0 Å². The van der Waals surface area contributed by atoms with Gasteiger partial charge in [-0.05, 0) is 51.7 Å². The van der Waals surface area contributed by atoms with Gasteiger partial charge < -0.3 is 16.0 Å². The molecule has 102 valence electrons. The first kappa shape index (κ1) is 13.5. The van der Waals surface area contributed by atoms with Gasteiger partial charge in [0, 0.05) is 17.6 Å². The van der Waals surface area contributed by atoms with E-state index in [1.165, 1.54) is 6.42 Å². The number of hydrogen-bond donors (Lipinski definition) is 2. The van der Waals surface area contributed by atoms with Crippen molar-refractivity contribution in [2.45, 2.75) is 12.8 Å². The molecule has 0 saturated carbocycles. The van der Waals surface area contributed by atoms with Gasteiger partial charge in [0.05, 0.1) is 5.52 Å². The van der Waals surface area contributed by atoms with Gasteiger partial charge in [-0.1, -0.05) is 0 Å². The predicted molar refractivity (Wildman–Crippen MR) is 80.2 cm³/mol. The zero-order valence-electron chi connectivity index (χ0n) is 11.6. The zero-order chi connectivity index (χ0) is 13.7. The molecule has 1 aromatic heterocycles. The second-order valence-electron chi connectivity index (χ2n) is 4.94. The number of aromatic nitrogens is 2. The summed E-state index contributed by atoms with van der Waals surface area (Å²) in [4.78, 5) is 10.7. The van der Waals surface area contributed by atoms with E-state index in [9.17, 15) is 0 Å². The number of nitrogens with zero attached hydrogens (tertiary/aromatic N) is 3. The minimum atomic E-state index is 0.725. The van der Waals surface area contributed by atoms with Crippen LogP contribution in [0.5, 0.6) is 0 Å². The third-order valence-corrected chi connectivity index (χ3v) is 2.99. The average Bonchev–Trinajstić information content (AvgIpc) is 2.37. The first-order chi connectivity index (χ1) is 9.16. The Morgan fingerprint density at radius 2 is 2.05 bits per heavy atom. The molecule has 0 fully saturated rings. The summed E-state index contributed by atoms with van der Waals surface area (Å²) in [6.07, 6.45) is 3.87. The molecule has 19 heavy (non-hydrogen) atoms. The molecule has 1 heterocycles. The van der Waals surface area contributed by atoms with Crippen molar-refractivity contribution >= 4 is 22.4 Å². The second kappa shape index (κ2) is 6.33. The van der Waals surface area contributed by atoms with Crippen LogP contribution in [-0.2, 0) is 0 Å². The van der Waals surface area contributed by atoms with Crippen molar-refractivity contribution in [3.05, 3.63) is 24.5 Å². The van der Waals surface area contributed by atoms with Crippen LogP contribution in [0, 0.1) is 0 Å². The van der Waals surface area contributed by atoms with E-state index in [0.717, 1.165) is 41.9 Å². The van der Waals surface area contributed by atoms with Crippen molar-refractivity contribution in [2.24, 2.45) is 0 Å². The highest BCUT2D eigenvalue weighted by Crippen LogP contribution is 2.21. The minimum absolute atomic E-state index is 0.725. The van der Waals surface area contributed by atoms with Gasteiger partial charge in [-0.15, -0.1) is 0 Å². The molecule has 2 rings (SSSR count). The third-order valence-electron chi connectivity index (χ3n) is 2.99. The fourth-order valence-corrected chi connectivity index (χ4v) is 1.97. The lowest BCUT2D eigenvalue weighted by molar-refractivity contribution is 0.396. The summed E-state index contributed by atoms with van der Waals surface area (Å²) in [6.45, 7) is 2.03. The van der Waals surface area contributed by atoms with Gasteiger partial charge in [0.2, 0.25) is 0 Å². The van der Waals surface area contributed by atoms with Gasteiger partial charge in [-0.25, -0.2) is 9.97 Å². The molecule has 0 radical (unpaired) electrons. The lowest BCUT2D eigenvalue weighted by atomic mass is 10.2. The maximum atomic E-state index is 5.76. The normalized spacial score (nSPS) is 11.1. The number of nitrogens with one attached hydrogen (secondary N) is 1. The Kier molecular flexibility index (Phi) is 4.52. The fourth-order valence-electron chi connectivity index (χ4n) is 1.97. The first-order valence-corrected chi connectivity index (χ1v) is 6.55. The van der Waals surface area contributed by atoms with Crippen LogP contribution in [0.3, 0.4) is 0 Å². The highest BCUT2D eigenvalue weighted by Gasteiger charge is 2.03. The minimum Gasteiger partial charge on any atom is -0.399 e. The van der Waals surface area contributed by atoms with Crippen LogP contribution in [0.2, 0.25) is 0 Å². The average molecular weight is 259 g/mol. The van der Waals surface area contributed by atoms with Crippen LogP contribution in [0.15, 0.2) is 24.5 Å². The van der Waals surface area contributed by atoms with E-state index in [-0.39, 0.29) is 0 Å². The predicted octanol–water partition coefficient (Wildman–Crippen LogP) is 1.97. The topological polar surface area (TPSA) is 67.1 Å². The smallest absolute Gasteiger partial charge is 0.137 e. The Balaban J connectivity index is 1.97. The van der Waals surface area contributed by atoms with Crippen LogP contribution >= 0.6 is 0 Å². The maximum absolute atomic E-state index is 5.76. The number of nitrogens with two attached hydrogens (primary N) is 1. The van der Waals surface area contributed by atoms with E-state index in [4.69, 9.17) is 5.73 Å². The van der Waals surface area contributed by atoms with Gasteiger partial charge >= 0.3 is 0 Å². The fraction of sp³-hybridized carbons (Fsp3) is 0.429. The number of benzene rings is 1. The molecule has 0 amide bonds. The molecule has 3 N–H and O–H groups in total. The van der Waals surface area contributed by atoms with E-state index in [0.29, 0.717) is 0 Å². The highest BCUT2D eigenvalue weighted by molar-refractivity contribution is 5.90. The number of nitrogen functional groups attached to an aromatic ring is 1. The molecule has 0 atom stereocenters. The Bertz CT molecular complexity index is 538. The molecule has 0 aliphatic carbocycles. The van der Waals surface area contributed by atoms with Crippen LogP contribution in [-0.4, -0.2) is 42.1 Å². The van der Waals surface area contributed by atoms with Gasteiger partial charge in [0.15, 0.2) is 0 Å². The van der Waals surface area contributed by atoms with E-state index in [1.54, 1.807) is 6.33 Å². The Labute approximate surface area is 113 Å². The highest BCUT2D eigenvalue weighted by atomic mass is 15.0. The summed E-state index contributed by atoms with van der Waals surface area (Å²) in [5, 5.41) is 4.39. The number of unbranched alkanes of at least 4 members (excludes halogenated alkanes) is 1. The van der Waals surface area contributed by atoms with Crippen molar-refractivity contribution in [1.82, 2.24) is 14.9 Å². The molecule has 0 aliphatic rings. The number of rotatable bonds is 6. The zero-order valence-corrected chi connectivity index (χ0v) is 11.6. The van der Waals surface area contributed by atoms with Gasteiger partial charge in [-0.2, -0.15) is 0 Å². The van der Waals surface area contributed by atoms with Gasteiger partial charge in [-0.3, -0.25) is 0 Å². The summed E-state index contributed by atoms with van der Waals surface area (Å²) in [5.74, 6) is 0.884. The van der Waals surface area contributed by atoms with E-state index in [2.05, 4.69) is 34.3 Å². The Morgan fingerprint density at radius 1 is 1.21 bits per heavy atom. The van der Waals surface area contributed by atoms with Crippen LogP contribution in [0.25, 0.3) is 10.9 Å². The van der Waals surface area contributed by atoms with Crippen LogP contribution in [0.4, 0.5) is 11.5 Å². The molecule has 0 bridgehead atoms. The van der Waals surface area contributed by atoms with Crippen LogP contribution < -0.4 is 11.1 Å². The molecule has 2 aromatic rings. The SMILES string of the molecule is CN(C)CCCCNc1ncnc2cc(N)ccc12. The largest absolute Gasteiger partial charge is 0.399 e. The lowest BCUT2D eigenvalue weighted by Crippen LogP contribution is -2.14. The van der Waals surface area contributed by atoms with Crippen molar-refractivity contribution < 1.29 is 0 Å². The van der Waals surface area contributed by atoms with Gasteiger partial charge in [0.25, 0.3) is 0 Å². The summed E-state index contributed by atoms with van der Waals surface area (Å²) >= 11 is 0. The molecule has 1 aromatic carbocycles. The van der Waals surface area contributed by atoms with Crippen LogP contribution in [0.1, 0.15) is 12.8 Å². The summed E-state index contributed by atoms with van der Waals surface area (Å²) < 4.78 is 0. The lowest BCUT2D eigenvalue weighted by Gasteiger charge is -2.10. The van der Waals surface area contributed by atoms with Gasteiger partial charge in [0.1, 0.15) is 12.1 Å². The summed E-state index contributed by atoms with van der Waals surface area (Å²) in [7, 11) is 4.19. The van der Waals surface area contributed by atoms with E-state index >= 15 is 0 Å². The summed E-state index contributed by atoms with van der Waals surface area (Å²) in [5.41, 5.74) is 7.36. The number of anilines is 2. The Morgan fingerprint density at radius 3 is 2.84 bits per heavy atom. The molecule has 5 nitrogen and oxygen atoms in total. The molecule has 0 aliphatic heterocycles. The number of hydrogen-bond acceptors (Lipinski definition) is 5. The molecular formula is C14H21N5. The van der Waals surface area contributed by atoms with Crippen molar-refractivity contribution in [3.63, 3.8) is 0 Å². The molecule has 0 unspecified atom stereocenters. The maximum Gasteiger partial charge on any atom is 0.137 e. The second-order valence-corrected chi connectivity index (χ2v) is 4.94. The quantitative estimate of drug-likeness (QED) is 0.613. The molecule has 0 spiro atoms. The van der Waals surface area contributed by atoms with Crippen molar-refractivity contribution in [1.29, 1.82) is 0 Å². The first-order valence-electron chi connectivity index (χ1n) is 6.55. The van der Waals surface area contributed by atoms with E-state index < -0.39 is 0 Å². The van der Waals surface area contributed by atoms with E-state index in [1.807, 2.05) is 18.2 Å². The Hall–Kier alpha value is -1.88. The van der Waals surface area contributed by atoms with Crippen molar-refractivity contribution in [2.75, 3.05) is 38.2 Å². The monoisotopic (exact) mass is 259 g/mol. The molecular weight excluding hydrogens is 238 g/mol. The number of fused-ring (bicyclic) bond motifs is 1.